The molecular formula is C13H15NO5S. The molecule has 0 bridgehead atoms. The van der Waals surface area contributed by atoms with Gasteiger partial charge in [0.2, 0.25) is 5.91 Å². The van der Waals surface area contributed by atoms with Gasteiger partial charge in [-0.1, -0.05) is 18.2 Å². The van der Waals surface area contributed by atoms with E-state index in [-0.39, 0.29) is 17.2 Å². The molecule has 0 aromatic heterocycles. The Morgan fingerprint density at radius 1 is 1.20 bits per heavy atom. The number of carboxylic acids is 1. The molecule has 1 aliphatic rings. The van der Waals surface area contributed by atoms with Crippen molar-refractivity contribution in [3.63, 3.8) is 0 Å². The van der Waals surface area contributed by atoms with Crippen molar-refractivity contribution in [2.45, 2.75) is 17.7 Å². The van der Waals surface area contributed by atoms with Crippen LogP contribution in [-0.2, 0) is 19.4 Å². The first kappa shape index (κ1) is 14.5. The van der Waals surface area contributed by atoms with Crippen LogP contribution in [0.4, 0.5) is 0 Å². The van der Waals surface area contributed by atoms with Crippen molar-refractivity contribution >= 4 is 21.7 Å². The summed E-state index contributed by atoms with van der Waals surface area (Å²) in [6.45, 7) is -0.0922. The van der Waals surface area contributed by atoms with Gasteiger partial charge in [-0.2, -0.15) is 0 Å². The van der Waals surface area contributed by atoms with Crippen molar-refractivity contribution in [1.82, 2.24) is 5.32 Å². The maximum absolute atomic E-state index is 11.9. The topological polar surface area (TPSA) is 101 Å². The summed E-state index contributed by atoms with van der Waals surface area (Å²) in [6, 6.07) is 7.92. The van der Waals surface area contributed by atoms with Gasteiger partial charge in [0, 0.05) is 6.54 Å². The summed E-state index contributed by atoms with van der Waals surface area (Å²) in [5.41, 5.74) is -1.34. The Morgan fingerprint density at radius 3 is 2.30 bits per heavy atom. The molecule has 1 saturated carbocycles. The molecule has 1 aromatic carbocycles. The monoisotopic (exact) mass is 297 g/mol. The Hall–Kier alpha value is -1.89. The van der Waals surface area contributed by atoms with Crippen LogP contribution >= 0.6 is 0 Å². The molecule has 7 heteroatoms. The molecule has 0 aliphatic heterocycles. The first-order valence-corrected chi connectivity index (χ1v) is 7.83. The normalized spacial score (nSPS) is 16.4. The van der Waals surface area contributed by atoms with E-state index in [0.717, 1.165) is 0 Å². The number of carbonyl (C=O) groups excluding carboxylic acids is 1. The van der Waals surface area contributed by atoms with Gasteiger partial charge in [-0.05, 0) is 25.0 Å². The van der Waals surface area contributed by atoms with Gasteiger partial charge < -0.3 is 10.4 Å². The summed E-state index contributed by atoms with van der Waals surface area (Å²) in [5, 5.41) is 11.3. The zero-order chi connectivity index (χ0) is 14.8. The van der Waals surface area contributed by atoms with Crippen LogP contribution in [0.25, 0.3) is 0 Å². The van der Waals surface area contributed by atoms with Crippen LogP contribution in [0, 0.1) is 5.41 Å². The summed E-state index contributed by atoms with van der Waals surface area (Å²) >= 11 is 0. The molecule has 0 unspecified atom stereocenters. The van der Waals surface area contributed by atoms with Crippen molar-refractivity contribution in [3.8, 4) is 0 Å². The van der Waals surface area contributed by atoms with Crippen LogP contribution in [-0.4, -0.2) is 37.7 Å². The molecule has 0 spiro atoms. The van der Waals surface area contributed by atoms with E-state index in [1.165, 1.54) is 12.1 Å². The van der Waals surface area contributed by atoms with Gasteiger partial charge in [-0.15, -0.1) is 0 Å². The predicted octanol–water partition coefficient (Wildman–Crippen LogP) is 0.441. The standard InChI is InChI=1S/C13H15NO5S/c15-11(13(6-7-13)12(16)17)14-8-9-20(18,19)10-4-2-1-3-5-10/h1-5H,6-9H2,(H,14,15)(H,16,17). The van der Waals surface area contributed by atoms with Crippen molar-refractivity contribution < 1.29 is 23.1 Å². The zero-order valence-corrected chi connectivity index (χ0v) is 11.5. The van der Waals surface area contributed by atoms with Gasteiger partial charge in [0.15, 0.2) is 9.84 Å². The highest BCUT2D eigenvalue weighted by molar-refractivity contribution is 7.91. The number of amides is 1. The lowest BCUT2D eigenvalue weighted by molar-refractivity contribution is -0.148. The van der Waals surface area contributed by atoms with E-state index >= 15 is 0 Å². The maximum Gasteiger partial charge on any atom is 0.319 e. The van der Waals surface area contributed by atoms with Crippen LogP contribution < -0.4 is 5.32 Å². The summed E-state index contributed by atoms with van der Waals surface area (Å²) in [7, 11) is -3.46. The number of rotatable bonds is 6. The first-order valence-electron chi connectivity index (χ1n) is 6.18. The highest BCUT2D eigenvalue weighted by Crippen LogP contribution is 2.45. The van der Waals surface area contributed by atoms with E-state index in [1.807, 2.05) is 0 Å². The van der Waals surface area contributed by atoms with Gasteiger partial charge in [0.1, 0.15) is 5.41 Å². The van der Waals surface area contributed by atoms with Crippen LogP contribution in [0.15, 0.2) is 35.2 Å². The minimum absolute atomic E-state index is 0.0922. The lowest BCUT2D eigenvalue weighted by atomic mass is 10.1. The molecule has 0 radical (unpaired) electrons. The Labute approximate surface area is 116 Å². The number of aliphatic carboxylic acids is 1. The molecule has 2 rings (SSSR count). The minimum Gasteiger partial charge on any atom is -0.480 e. The van der Waals surface area contributed by atoms with Gasteiger partial charge in [0.25, 0.3) is 0 Å². The molecule has 1 aromatic rings. The average Bonchev–Trinajstić information content (AvgIpc) is 3.21. The largest absolute Gasteiger partial charge is 0.480 e. The molecule has 0 saturated heterocycles. The minimum atomic E-state index is -3.46. The van der Waals surface area contributed by atoms with E-state index in [0.29, 0.717) is 12.8 Å². The quantitative estimate of drug-likeness (QED) is 0.742. The van der Waals surface area contributed by atoms with Crippen LogP contribution in [0.3, 0.4) is 0 Å². The second kappa shape index (κ2) is 5.24. The summed E-state index contributed by atoms with van der Waals surface area (Å²) in [4.78, 5) is 22.8. The predicted molar refractivity (Wildman–Crippen MR) is 70.8 cm³/mol. The highest BCUT2D eigenvalue weighted by atomic mass is 32.2. The number of carboxylic acid groups (broad SMARTS) is 1. The zero-order valence-electron chi connectivity index (χ0n) is 10.7. The fourth-order valence-electron chi connectivity index (χ4n) is 1.88. The number of sulfone groups is 1. The van der Waals surface area contributed by atoms with Crippen LogP contribution in [0.2, 0.25) is 0 Å². The smallest absolute Gasteiger partial charge is 0.319 e. The SMILES string of the molecule is O=C(O)C1(C(=O)NCCS(=O)(=O)c2ccccc2)CC1. The third-order valence-electron chi connectivity index (χ3n) is 3.35. The van der Waals surface area contributed by atoms with Gasteiger partial charge in [0.05, 0.1) is 10.6 Å². The Balaban J connectivity index is 1.91. The molecule has 1 amide bonds. The van der Waals surface area contributed by atoms with Crippen LogP contribution in [0.1, 0.15) is 12.8 Å². The number of nitrogens with one attached hydrogen (secondary N) is 1. The van der Waals surface area contributed by atoms with E-state index in [9.17, 15) is 18.0 Å². The van der Waals surface area contributed by atoms with Crippen molar-refractivity contribution in [1.29, 1.82) is 0 Å². The molecular weight excluding hydrogens is 282 g/mol. The van der Waals surface area contributed by atoms with E-state index in [2.05, 4.69) is 5.32 Å². The molecule has 1 aliphatic carbocycles. The molecule has 0 atom stereocenters. The molecule has 108 valence electrons. The highest BCUT2D eigenvalue weighted by Gasteiger charge is 2.56. The van der Waals surface area contributed by atoms with Gasteiger partial charge in [-0.25, -0.2) is 8.42 Å². The Kier molecular flexibility index (Phi) is 3.80. The van der Waals surface area contributed by atoms with E-state index < -0.39 is 27.1 Å². The molecule has 20 heavy (non-hydrogen) atoms. The fraction of sp³-hybridized carbons (Fsp3) is 0.385. The van der Waals surface area contributed by atoms with Gasteiger partial charge >= 0.3 is 5.97 Å². The Morgan fingerprint density at radius 2 is 1.80 bits per heavy atom. The number of hydrogen-bond acceptors (Lipinski definition) is 4. The molecule has 0 heterocycles. The fourth-order valence-corrected chi connectivity index (χ4v) is 3.06. The number of benzene rings is 1. The number of hydrogen-bond donors (Lipinski definition) is 2. The summed E-state index contributed by atoms with van der Waals surface area (Å²) < 4.78 is 23.9. The molecule has 6 nitrogen and oxygen atoms in total. The molecule has 1 fully saturated rings. The maximum atomic E-state index is 11.9. The Bertz CT molecular complexity index is 619. The third-order valence-corrected chi connectivity index (χ3v) is 5.08. The van der Waals surface area contributed by atoms with E-state index in [1.54, 1.807) is 18.2 Å². The van der Waals surface area contributed by atoms with E-state index in [4.69, 9.17) is 5.11 Å². The molecule has 2 N–H and O–H groups in total. The van der Waals surface area contributed by atoms with Crippen molar-refractivity contribution in [2.75, 3.05) is 12.3 Å². The lowest BCUT2D eigenvalue weighted by Gasteiger charge is -2.11. The lowest BCUT2D eigenvalue weighted by Crippen LogP contribution is -2.39. The van der Waals surface area contributed by atoms with Crippen molar-refractivity contribution in [3.05, 3.63) is 30.3 Å². The second-order valence-corrected chi connectivity index (χ2v) is 6.88. The van der Waals surface area contributed by atoms with Crippen molar-refractivity contribution in [2.24, 2.45) is 5.41 Å². The average molecular weight is 297 g/mol. The second-order valence-electron chi connectivity index (χ2n) is 4.78. The summed E-state index contributed by atoms with van der Waals surface area (Å²) in [5.74, 6) is -2.01. The first-order chi connectivity index (χ1) is 9.38. The number of carbonyl (C=O) groups is 2. The van der Waals surface area contributed by atoms with Gasteiger partial charge in [-0.3, -0.25) is 9.59 Å². The van der Waals surface area contributed by atoms with Crippen LogP contribution in [0.5, 0.6) is 0 Å². The third kappa shape index (κ3) is 2.82. The summed E-state index contributed by atoms with van der Waals surface area (Å²) in [6.07, 6.45) is 0.610.